The molecule has 6 nitrogen and oxygen atoms in total. The summed E-state index contributed by atoms with van der Waals surface area (Å²) in [6.45, 7) is 2.02. The standard InChI is InChI=1S/C20H25FN2O4S/c1-4-18(23(28(3,25)26)19-8-6-5-7-17(19)21)20(24)22-14-13-15-9-11-16(27-2)12-10-15/h5-12,18H,4,13-14H2,1-3H3,(H,22,24)/t18-/m0/s1. The first-order valence-electron chi connectivity index (χ1n) is 8.92. The maximum Gasteiger partial charge on any atom is 0.243 e. The summed E-state index contributed by atoms with van der Waals surface area (Å²) in [5.41, 5.74) is 0.866. The predicted octanol–water partition coefficient (Wildman–Crippen LogP) is 2.74. The Morgan fingerprint density at radius 2 is 1.82 bits per heavy atom. The maximum absolute atomic E-state index is 14.2. The average Bonchev–Trinajstić information content (AvgIpc) is 2.66. The molecule has 0 aliphatic carbocycles. The molecule has 1 amide bonds. The summed E-state index contributed by atoms with van der Waals surface area (Å²) in [5, 5.41) is 2.75. The molecule has 0 aromatic heterocycles. The molecule has 0 heterocycles. The normalized spacial score (nSPS) is 12.3. The van der Waals surface area contributed by atoms with Crippen molar-refractivity contribution in [3.63, 3.8) is 0 Å². The van der Waals surface area contributed by atoms with Gasteiger partial charge in [0.15, 0.2) is 0 Å². The van der Waals surface area contributed by atoms with E-state index in [1.807, 2.05) is 24.3 Å². The third-order valence-corrected chi connectivity index (χ3v) is 5.46. The average molecular weight is 408 g/mol. The number of hydrogen-bond donors (Lipinski definition) is 1. The van der Waals surface area contributed by atoms with Crippen LogP contribution in [-0.4, -0.2) is 40.3 Å². The van der Waals surface area contributed by atoms with Gasteiger partial charge >= 0.3 is 0 Å². The Hall–Kier alpha value is -2.61. The fraction of sp³-hybridized carbons (Fsp3) is 0.350. The summed E-state index contributed by atoms with van der Waals surface area (Å²) in [7, 11) is -2.28. The number of benzene rings is 2. The van der Waals surface area contributed by atoms with Crippen molar-refractivity contribution in [1.82, 2.24) is 5.32 Å². The molecule has 0 spiro atoms. The largest absolute Gasteiger partial charge is 0.497 e. The third-order valence-electron chi connectivity index (χ3n) is 4.29. The molecule has 0 saturated carbocycles. The number of hydrogen-bond acceptors (Lipinski definition) is 4. The van der Waals surface area contributed by atoms with E-state index in [2.05, 4.69) is 5.32 Å². The van der Waals surface area contributed by atoms with Crippen LogP contribution in [0.25, 0.3) is 0 Å². The highest BCUT2D eigenvalue weighted by Crippen LogP contribution is 2.25. The van der Waals surface area contributed by atoms with Crippen LogP contribution in [0.3, 0.4) is 0 Å². The highest BCUT2D eigenvalue weighted by atomic mass is 32.2. The van der Waals surface area contributed by atoms with Crippen molar-refractivity contribution < 1.29 is 22.3 Å². The minimum atomic E-state index is -3.86. The van der Waals surface area contributed by atoms with Gasteiger partial charge in [0.25, 0.3) is 0 Å². The molecule has 0 aliphatic heterocycles. The van der Waals surface area contributed by atoms with Crippen LogP contribution in [0.5, 0.6) is 5.75 Å². The Bertz CT molecular complexity index is 901. The molecule has 152 valence electrons. The van der Waals surface area contributed by atoms with E-state index < -0.39 is 27.8 Å². The number of methoxy groups -OCH3 is 1. The first-order valence-corrected chi connectivity index (χ1v) is 10.8. The summed E-state index contributed by atoms with van der Waals surface area (Å²) >= 11 is 0. The van der Waals surface area contributed by atoms with Crippen molar-refractivity contribution in [3.8, 4) is 5.75 Å². The van der Waals surface area contributed by atoms with Gasteiger partial charge in [-0.3, -0.25) is 9.10 Å². The van der Waals surface area contributed by atoms with E-state index in [9.17, 15) is 17.6 Å². The highest BCUT2D eigenvalue weighted by molar-refractivity contribution is 7.92. The number of sulfonamides is 1. The van der Waals surface area contributed by atoms with Gasteiger partial charge in [0.2, 0.25) is 15.9 Å². The summed E-state index contributed by atoms with van der Waals surface area (Å²) in [6, 6.07) is 11.9. The monoisotopic (exact) mass is 408 g/mol. The van der Waals surface area contributed by atoms with Crippen LogP contribution < -0.4 is 14.4 Å². The Kier molecular flexibility index (Phi) is 7.39. The molecule has 0 unspecified atom stereocenters. The Morgan fingerprint density at radius 1 is 1.18 bits per heavy atom. The van der Waals surface area contributed by atoms with E-state index in [1.54, 1.807) is 14.0 Å². The molecular formula is C20H25FN2O4S. The second kappa shape index (κ2) is 9.54. The lowest BCUT2D eigenvalue weighted by Gasteiger charge is -2.30. The van der Waals surface area contributed by atoms with Crippen molar-refractivity contribution in [2.45, 2.75) is 25.8 Å². The maximum atomic E-state index is 14.2. The van der Waals surface area contributed by atoms with Crippen molar-refractivity contribution in [1.29, 1.82) is 0 Å². The third kappa shape index (κ3) is 5.45. The number of carbonyl (C=O) groups excluding carboxylic acids is 1. The smallest absolute Gasteiger partial charge is 0.243 e. The van der Waals surface area contributed by atoms with Gasteiger partial charge in [0.05, 0.1) is 19.1 Å². The fourth-order valence-electron chi connectivity index (χ4n) is 2.91. The topological polar surface area (TPSA) is 75.7 Å². The van der Waals surface area contributed by atoms with Gasteiger partial charge in [0.1, 0.15) is 17.6 Å². The zero-order valence-corrected chi connectivity index (χ0v) is 17.0. The van der Waals surface area contributed by atoms with Crippen LogP contribution in [0.2, 0.25) is 0 Å². The molecule has 0 saturated heterocycles. The summed E-state index contributed by atoms with van der Waals surface area (Å²) in [5.74, 6) is -0.422. The molecule has 0 bridgehead atoms. The molecule has 1 atom stereocenters. The highest BCUT2D eigenvalue weighted by Gasteiger charge is 2.32. The Balaban J connectivity index is 2.12. The predicted molar refractivity (Wildman–Crippen MR) is 108 cm³/mol. The van der Waals surface area contributed by atoms with Gasteiger partial charge in [0, 0.05) is 6.54 Å². The van der Waals surface area contributed by atoms with Gasteiger partial charge in [-0.15, -0.1) is 0 Å². The molecule has 2 rings (SSSR count). The minimum Gasteiger partial charge on any atom is -0.497 e. The molecule has 1 N–H and O–H groups in total. The summed E-state index contributed by atoms with van der Waals surface area (Å²) in [4.78, 5) is 12.7. The number of nitrogens with zero attached hydrogens (tertiary/aromatic N) is 1. The molecule has 0 aliphatic rings. The summed E-state index contributed by atoms with van der Waals surface area (Å²) in [6.07, 6.45) is 1.74. The molecule has 0 fully saturated rings. The molecule has 28 heavy (non-hydrogen) atoms. The second-order valence-electron chi connectivity index (χ2n) is 6.32. The van der Waals surface area contributed by atoms with Gasteiger partial charge in [-0.2, -0.15) is 0 Å². The number of para-hydroxylation sites is 1. The van der Waals surface area contributed by atoms with Crippen LogP contribution >= 0.6 is 0 Å². The lowest BCUT2D eigenvalue weighted by Crippen LogP contribution is -2.50. The van der Waals surface area contributed by atoms with E-state index >= 15 is 0 Å². The first-order chi connectivity index (χ1) is 13.3. The first kappa shape index (κ1) is 21.7. The molecule has 0 radical (unpaired) electrons. The lowest BCUT2D eigenvalue weighted by atomic mass is 10.1. The van der Waals surface area contributed by atoms with E-state index in [0.29, 0.717) is 13.0 Å². The fourth-order valence-corrected chi connectivity index (χ4v) is 4.12. The van der Waals surface area contributed by atoms with Gasteiger partial charge in [-0.1, -0.05) is 31.2 Å². The number of nitrogens with one attached hydrogen (secondary N) is 1. The van der Waals surface area contributed by atoms with Crippen molar-refractivity contribution >= 4 is 21.6 Å². The number of rotatable bonds is 9. The minimum absolute atomic E-state index is 0.137. The van der Waals surface area contributed by atoms with Crippen LogP contribution in [0.4, 0.5) is 10.1 Å². The van der Waals surface area contributed by atoms with Crippen LogP contribution in [-0.2, 0) is 21.2 Å². The molecular weight excluding hydrogens is 383 g/mol. The number of ether oxygens (including phenoxy) is 1. The van der Waals surface area contributed by atoms with E-state index in [-0.39, 0.29) is 12.1 Å². The van der Waals surface area contributed by atoms with Gasteiger partial charge in [-0.05, 0) is 42.7 Å². The number of anilines is 1. The van der Waals surface area contributed by atoms with E-state index in [1.165, 1.54) is 24.3 Å². The van der Waals surface area contributed by atoms with Crippen molar-refractivity contribution in [3.05, 3.63) is 59.9 Å². The van der Waals surface area contributed by atoms with E-state index in [0.717, 1.165) is 21.9 Å². The second-order valence-corrected chi connectivity index (χ2v) is 8.18. The van der Waals surface area contributed by atoms with Gasteiger partial charge in [-0.25, -0.2) is 12.8 Å². The quantitative estimate of drug-likeness (QED) is 0.692. The Morgan fingerprint density at radius 3 is 2.36 bits per heavy atom. The van der Waals surface area contributed by atoms with Crippen molar-refractivity contribution in [2.75, 3.05) is 24.2 Å². The number of halogens is 1. The lowest BCUT2D eigenvalue weighted by molar-refractivity contribution is -0.122. The Labute approximate surface area is 165 Å². The molecule has 8 heteroatoms. The van der Waals surface area contributed by atoms with Crippen LogP contribution in [0.15, 0.2) is 48.5 Å². The zero-order chi connectivity index (χ0) is 20.7. The SMILES string of the molecule is CC[C@@H](C(=O)NCCc1ccc(OC)cc1)N(c1ccccc1F)S(C)(=O)=O. The van der Waals surface area contributed by atoms with Crippen LogP contribution in [0.1, 0.15) is 18.9 Å². The number of amides is 1. The van der Waals surface area contributed by atoms with Crippen molar-refractivity contribution in [2.24, 2.45) is 0 Å². The van der Waals surface area contributed by atoms with Gasteiger partial charge < -0.3 is 10.1 Å². The summed E-state index contributed by atoms with van der Waals surface area (Å²) < 4.78 is 44.8. The molecule has 2 aromatic carbocycles. The number of carbonyl (C=O) groups is 1. The molecule has 2 aromatic rings. The van der Waals surface area contributed by atoms with E-state index in [4.69, 9.17) is 4.74 Å². The zero-order valence-electron chi connectivity index (χ0n) is 16.2. The van der Waals surface area contributed by atoms with Crippen LogP contribution in [0, 0.1) is 5.82 Å².